The first-order valence-corrected chi connectivity index (χ1v) is 6.41. The second kappa shape index (κ2) is 7.16. The number of nitrogens with zero attached hydrogens (tertiary/aromatic N) is 2. The van der Waals surface area contributed by atoms with E-state index in [9.17, 15) is 13.2 Å². The summed E-state index contributed by atoms with van der Waals surface area (Å²) < 4.78 is 38.0. The summed E-state index contributed by atoms with van der Waals surface area (Å²) in [6, 6.07) is 1.49. The smallest absolute Gasteiger partial charge is 0.370 e. The van der Waals surface area contributed by atoms with Crippen LogP contribution in [0, 0.1) is 0 Å². The molecule has 1 aromatic rings. The zero-order chi connectivity index (χ0) is 14.3. The van der Waals surface area contributed by atoms with Gasteiger partial charge < -0.3 is 10.6 Å². The topological polar surface area (TPSA) is 49.8 Å². The molecule has 4 nitrogen and oxygen atoms in total. The fourth-order valence-corrected chi connectivity index (χ4v) is 1.53. The predicted octanol–water partition coefficient (Wildman–Crippen LogP) is 3.53. The highest BCUT2D eigenvalue weighted by Gasteiger charge is 2.35. The van der Waals surface area contributed by atoms with Gasteiger partial charge in [0.2, 0.25) is 5.82 Å². The van der Waals surface area contributed by atoms with Crippen molar-refractivity contribution >= 4 is 11.6 Å². The standard InChI is InChI=1S/C12H19F3N4/c1-3-5-6-7-17-10-8-9(16-4-2)18-11(19-10)12(13,14)15/h8H,3-7H2,1-2H3,(H2,16,17,18,19). The Kier molecular flexibility index (Phi) is 5.85. The summed E-state index contributed by atoms with van der Waals surface area (Å²) >= 11 is 0. The molecule has 1 heterocycles. The van der Waals surface area contributed by atoms with Gasteiger partial charge in [-0.2, -0.15) is 13.2 Å². The Morgan fingerprint density at radius 1 is 1.05 bits per heavy atom. The molecule has 0 fully saturated rings. The summed E-state index contributed by atoms with van der Waals surface area (Å²) in [4.78, 5) is 6.95. The second-order valence-electron chi connectivity index (χ2n) is 4.12. The zero-order valence-electron chi connectivity index (χ0n) is 11.1. The van der Waals surface area contributed by atoms with Crippen molar-refractivity contribution in [2.45, 2.75) is 39.3 Å². The molecular formula is C12H19F3N4. The van der Waals surface area contributed by atoms with Crippen LogP contribution >= 0.6 is 0 Å². The van der Waals surface area contributed by atoms with E-state index < -0.39 is 12.0 Å². The van der Waals surface area contributed by atoms with E-state index in [0.717, 1.165) is 19.3 Å². The largest absolute Gasteiger partial charge is 0.451 e. The van der Waals surface area contributed by atoms with Crippen LogP contribution in [-0.2, 0) is 6.18 Å². The van der Waals surface area contributed by atoms with Crippen LogP contribution in [0.2, 0.25) is 0 Å². The number of hydrogen-bond donors (Lipinski definition) is 2. The first-order chi connectivity index (χ1) is 8.97. The van der Waals surface area contributed by atoms with E-state index in [4.69, 9.17) is 0 Å². The van der Waals surface area contributed by atoms with Crippen molar-refractivity contribution in [1.82, 2.24) is 9.97 Å². The van der Waals surface area contributed by atoms with Gasteiger partial charge in [-0.25, -0.2) is 9.97 Å². The average molecular weight is 276 g/mol. The van der Waals surface area contributed by atoms with Gasteiger partial charge in [0, 0.05) is 19.2 Å². The molecule has 7 heteroatoms. The minimum atomic E-state index is -4.54. The molecular weight excluding hydrogens is 257 g/mol. The lowest BCUT2D eigenvalue weighted by Crippen LogP contribution is -2.15. The summed E-state index contributed by atoms with van der Waals surface area (Å²) in [7, 11) is 0. The number of halogens is 3. The quantitative estimate of drug-likeness (QED) is 0.748. The van der Waals surface area contributed by atoms with Gasteiger partial charge in [0.25, 0.3) is 0 Å². The number of rotatable bonds is 7. The molecule has 0 amide bonds. The van der Waals surface area contributed by atoms with Crippen molar-refractivity contribution in [3.8, 4) is 0 Å². The van der Waals surface area contributed by atoms with Gasteiger partial charge in [-0.05, 0) is 13.3 Å². The van der Waals surface area contributed by atoms with Crippen LogP contribution < -0.4 is 10.6 Å². The molecule has 0 unspecified atom stereocenters. The molecule has 1 rings (SSSR count). The summed E-state index contributed by atoms with van der Waals surface area (Å²) in [5.74, 6) is -0.735. The predicted molar refractivity (Wildman–Crippen MR) is 69.2 cm³/mol. The number of anilines is 2. The van der Waals surface area contributed by atoms with Crippen molar-refractivity contribution in [2.24, 2.45) is 0 Å². The average Bonchev–Trinajstić information content (AvgIpc) is 2.34. The van der Waals surface area contributed by atoms with Gasteiger partial charge in [-0.15, -0.1) is 0 Å². The minimum Gasteiger partial charge on any atom is -0.370 e. The highest BCUT2D eigenvalue weighted by atomic mass is 19.4. The number of unbranched alkanes of at least 4 members (excludes halogenated alkanes) is 2. The van der Waals surface area contributed by atoms with Crippen molar-refractivity contribution in [1.29, 1.82) is 0 Å². The van der Waals surface area contributed by atoms with Crippen molar-refractivity contribution in [3.05, 3.63) is 11.9 Å². The Morgan fingerprint density at radius 2 is 1.68 bits per heavy atom. The molecule has 0 spiro atoms. The monoisotopic (exact) mass is 276 g/mol. The van der Waals surface area contributed by atoms with Crippen molar-refractivity contribution in [2.75, 3.05) is 23.7 Å². The van der Waals surface area contributed by atoms with Crippen LogP contribution in [0.4, 0.5) is 24.8 Å². The summed E-state index contributed by atoms with van der Waals surface area (Å²) in [5.41, 5.74) is 0. The molecule has 108 valence electrons. The molecule has 0 saturated heterocycles. The van der Waals surface area contributed by atoms with Crippen LogP contribution in [0.25, 0.3) is 0 Å². The highest BCUT2D eigenvalue weighted by Crippen LogP contribution is 2.28. The lowest BCUT2D eigenvalue weighted by atomic mass is 10.2. The Balaban J connectivity index is 2.81. The highest BCUT2D eigenvalue weighted by molar-refractivity contribution is 5.47. The zero-order valence-corrected chi connectivity index (χ0v) is 11.1. The van der Waals surface area contributed by atoms with Crippen LogP contribution in [-0.4, -0.2) is 23.1 Å². The molecule has 0 aliphatic carbocycles. The van der Waals surface area contributed by atoms with E-state index in [1.165, 1.54) is 6.07 Å². The molecule has 19 heavy (non-hydrogen) atoms. The molecule has 0 radical (unpaired) electrons. The van der Waals surface area contributed by atoms with Crippen molar-refractivity contribution < 1.29 is 13.2 Å². The third kappa shape index (κ3) is 5.32. The first kappa shape index (κ1) is 15.5. The van der Waals surface area contributed by atoms with E-state index in [2.05, 4.69) is 27.5 Å². The van der Waals surface area contributed by atoms with E-state index in [0.29, 0.717) is 13.1 Å². The summed E-state index contributed by atoms with van der Waals surface area (Å²) in [6.07, 6.45) is -1.55. The van der Waals surface area contributed by atoms with Gasteiger partial charge in [0.15, 0.2) is 0 Å². The molecule has 2 N–H and O–H groups in total. The normalized spacial score (nSPS) is 11.4. The molecule has 1 aromatic heterocycles. The van der Waals surface area contributed by atoms with Crippen LogP contribution in [0.5, 0.6) is 0 Å². The minimum absolute atomic E-state index is 0.183. The van der Waals surface area contributed by atoms with Crippen LogP contribution in [0.3, 0.4) is 0 Å². The number of nitrogens with one attached hydrogen (secondary N) is 2. The fourth-order valence-electron chi connectivity index (χ4n) is 1.53. The van der Waals surface area contributed by atoms with Gasteiger partial charge in [-0.3, -0.25) is 0 Å². The summed E-state index contributed by atoms with van der Waals surface area (Å²) in [5, 5.41) is 5.67. The molecule has 0 saturated carbocycles. The van der Waals surface area contributed by atoms with Gasteiger partial charge in [0.05, 0.1) is 0 Å². The molecule has 0 atom stereocenters. The Bertz CT molecular complexity index is 393. The van der Waals surface area contributed by atoms with E-state index in [1.54, 1.807) is 6.92 Å². The third-order valence-electron chi connectivity index (χ3n) is 2.42. The molecule has 0 aromatic carbocycles. The Morgan fingerprint density at radius 3 is 2.21 bits per heavy atom. The molecule has 0 bridgehead atoms. The maximum Gasteiger partial charge on any atom is 0.451 e. The number of alkyl halides is 3. The van der Waals surface area contributed by atoms with Gasteiger partial charge >= 0.3 is 6.18 Å². The lowest BCUT2D eigenvalue weighted by Gasteiger charge is -2.12. The van der Waals surface area contributed by atoms with Gasteiger partial charge in [0.1, 0.15) is 11.6 Å². The second-order valence-corrected chi connectivity index (χ2v) is 4.12. The number of aromatic nitrogens is 2. The maximum atomic E-state index is 12.7. The van der Waals surface area contributed by atoms with Gasteiger partial charge in [-0.1, -0.05) is 19.8 Å². The Hall–Kier alpha value is -1.53. The van der Waals surface area contributed by atoms with E-state index >= 15 is 0 Å². The Labute approximate surface area is 110 Å². The fraction of sp³-hybridized carbons (Fsp3) is 0.667. The molecule has 0 aliphatic rings. The van der Waals surface area contributed by atoms with E-state index in [1.807, 2.05) is 0 Å². The van der Waals surface area contributed by atoms with Crippen LogP contribution in [0.15, 0.2) is 6.07 Å². The summed E-state index contributed by atoms with van der Waals surface area (Å²) in [6.45, 7) is 4.97. The molecule has 0 aliphatic heterocycles. The van der Waals surface area contributed by atoms with Crippen molar-refractivity contribution in [3.63, 3.8) is 0 Å². The van der Waals surface area contributed by atoms with Crippen LogP contribution in [0.1, 0.15) is 38.9 Å². The third-order valence-corrected chi connectivity index (χ3v) is 2.42. The SMILES string of the molecule is CCCCCNc1cc(NCC)nc(C(F)(F)F)n1. The maximum absolute atomic E-state index is 12.7. The van der Waals surface area contributed by atoms with E-state index in [-0.39, 0.29) is 11.6 Å². The number of hydrogen-bond acceptors (Lipinski definition) is 4. The first-order valence-electron chi connectivity index (χ1n) is 6.41. The lowest BCUT2D eigenvalue weighted by molar-refractivity contribution is -0.144.